The first-order chi connectivity index (χ1) is 8.72. The molecule has 1 atom stereocenters. The van der Waals surface area contributed by atoms with Crippen LogP contribution in [0.4, 0.5) is 0 Å². The molecule has 3 nitrogen and oxygen atoms in total. The van der Waals surface area contributed by atoms with E-state index in [2.05, 4.69) is 16.8 Å². The van der Waals surface area contributed by atoms with Gasteiger partial charge in [0.1, 0.15) is 0 Å². The zero-order valence-corrected chi connectivity index (χ0v) is 12.2. The number of thiophene rings is 1. The fourth-order valence-electron chi connectivity index (χ4n) is 1.60. The third-order valence-corrected chi connectivity index (χ3v) is 3.81. The molecule has 18 heavy (non-hydrogen) atoms. The molecule has 0 saturated heterocycles. The smallest absolute Gasteiger partial charge is 0.220 e. The molecule has 0 saturated carbocycles. The molecule has 5 heteroatoms. The van der Waals surface area contributed by atoms with Crippen LogP contribution in [0.25, 0.3) is 0 Å². The highest BCUT2D eigenvalue weighted by atomic mass is 35.5. The number of alkyl halides is 1. The number of nitrogens with one attached hydrogen (secondary N) is 1. The van der Waals surface area contributed by atoms with E-state index in [0.717, 1.165) is 19.3 Å². The molecule has 1 N–H and O–H groups in total. The van der Waals surface area contributed by atoms with Crippen LogP contribution in [-0.2, 0) is 16.0 Å². The summed E-state index contributed by atoms with van der Waals surface area (Å²) < 4.78 is 4.92. The fraction of sp³-hybridized carbons (Fsp3) is 0.615. The predicted molar refractivity (Wildman–Crippen MR) is 76.4 cm³/mol. The summed E-state index contributed by atoms with van der Waals surface area (Å²) in [5, 5.41) is 4.91. The second-order valence-corrected chi connectivity index (χ2v) is 5.77. The van der Waals surface area contributed by atoms with E-state index in [1.165, 1.54) is 4.88 Å². The molecule has 0 radical (unpaired) electrons. The Kier molecular flexibility index (Phi) is 8.05. The van der Waals surface area contributed by atoms with Gasteiger partial charge in [-0.1, -0.05) is 6.07 Å². The van der Waals surface area contributed by atoms with Gasteiger partial charge in [-0.15, -0.1) is 22.9 Å². The van der Waals surface area contributed by atoms with Crippen molar-refractivity contribution in [3.05, 3.63) is 22.4 Å². The summed E-state index contributed by atoms with van der Waals surface area (Å²) >= 11 is 7.70. The van der Waals surface area contributed by atoms with E-state index < -0.39 is 0 Å². The normalized spacial score (nSPS) is 12.3. The molecule has 1 unspecified atom stereocenters. The lowest BCUT2D eigenvalue weighted by Gasteiger charge is -2.09. The highest BCUT2D eigenvalue weighted by molar-refractivity contribution is 7.09. The molecule has 102 valence electrons. The van der Waals surface area contributed by atoms with Gasteiger partial charge in [0.25, 0.3) is 0 Å². The summed E-state index contributed by atoms with van der Waals surface area (Å²) in [6.45, 7) is 1.14. The zero-order valence-electron chi connectivity index (χ0n) is 10.7. The number of aryl methyl sites for hydroxylation is 1. The average Bonchev–Trinajstić information content (AvgIpc) is 2.82. The monoisotopic (exact) mass is 289 g/mol. The third-order valence-electron chi connectivity index (χ3n) is 2.53. The molecule has 0 fully saturated rings. The Balaban J connectivity index is 2.00. The Morgan fingerprint density at radius 1 is 1.61 bits per heavy atom. The van der Waals surface area contributed by atoms with E-state index in [1.807, 2.05) is 6.07 Å². The molecule has 1 aromatic heterocycles. The first-order valence-corrected chi connectivity index (χ1v) is 7.46. The molecule has 1 heterocycles. The second kappa shape index (κ2) is 9.36. The van der Waals surface area contributed by atoms with Gasteiger partial charge in [-0.3, -0.25) is 4.79 Å². The van der Waals surface area contributed by atoms with Gasteiger partial charge in [-0.2, -0.15) is 0 Å². The van der Waals surface area contributed by atoms with E-state index >= 15 is 0 Å². The molecule has 0 aromatic carbocycles. The van der Waals surface area contributed by atoms with Crippen molar-refractivity contribution >= 4 is 28.8 Å². The number of hydrogen-bond donors (Lipinski definition) is 1. The largest absolute Gasteiger partial charge is 0.383 e. The molecule has 0 aliphatic carbocycles. The van der Waals surface area contributed by atoms with Crippen LogP contribution in [0.5, 0.6) is 0 Å². The highest BCUT2D eigenvalue weighted by Crippen LogP contribution is 2.11. The van der Waals surface area contributed by atoms with Crippen LogP contribution >= 0.6 is 22.9 Å². The van der Waals surface area contributed by atoms with Crippen molar-refractivity contribution in [1.29, 1.82) is 0 Å². The van der Waals surface area contributed by atoms with E-state index in [-0.39, 0.29) is 11.3 Å². The van der Waals surface area contributed by atoms with Crippen LogP contribution in [0.15, 0.2) is 17.5 Å². The van der Waals surface area contributed by atoms with Gasteiger partial charge in [0.2, 0.25) is 5.91 Å². The second-order valence-electron chi connectivity index (χ2n) is 4.12. The molecule has 0 aliphatic rings. The first kappa shape index (κ1) is 15.5. The number of carbonyl (C=O) groups excluding carboxylic acids is 1. The summed E-state index contributed by atoms with van der Waals surface area (Å²) in [4.78, 5) is 12.9. The standard InChI is InChI=1S/C13H20ClNO2S/c1-17-10-11(14)7-8-15-13(16)6-2-4-12-5-3-9-18-12/h3,5,9,11H,2,4,6-8,10H2,1H3,(H,15,16). The molecule has 0 aliphatic heterocycles. The van der Waals surface area contributed by atoms with Crippen LogP contribution in [0.3, 0.4) is 0 Å². The number of amides is 1. The number of hydrogen-bond acceptors (Lipinski definition) is 3. The Morgan fingerprint density at radius 3 is 3.11 bits per heavy atom. The Bertz CT molecular complexity index is 330. The molecule has 0 spiro atoms. The van der Waals surface area contributed by atoms with Crippen LogP contribution in [-0.4, -0.2) is 31.5 Å². The first-order valence-electron chi connectivity index (χ1n) is 6.14. The van der Waals surface area contributed by atoms with Crippen LogP contribution < -0.4 is 5.32 Å². The van der Waals surface area contributed by atoms with Crippen molar-refractivity contribution < 1.29 is 9.53 Å². The summed E-state index contributed by atoms with van der Waals surface area (Å²) in [7, 11) is 1.62. The molecular formula is C13H20ClNO2S. The minimum absolute atomic E-state index is 0.0265. The van der Waals surface area contributed by atoms with Gasteiger partial charge in [-0.05, 0) is 30.7 Å². The maximum atomic E-state index is 11.5. The summed E-state index contributed by atoms with van der Waals surface area (Å²) in [5.74, 6) is 0.104. The van der Waals surface area contributed by atoms with Gasteiger partial charge < -0.3 is 10.1 Å². The Labute approximate surface area is 117 Å². The molecule has 1 aromatic rings. The predicted octanol–water partition coefficient (Wildman–Crippen LogP) is 2.83. The maximum Gasteiger partial charge on any atom is 0.220 e. The lowest BCUT2D eigenvalue weighted by molar-refractivity contribution is -0.121. The summed E-state index contributed by atoms with van der Waals surface area (Å²) in [6.07, 6.45) is 3.20. The van der Waals surface area contributed by atoms with Crippen molar-refractivity contribution in [3.8, 4) is 0 Å². The summed E-state index contributed by atoms with van der Waals surface area (Å²) in [5.41, 5.74) is 0. The zero-order chi connectivity index (χ0) is 13.2. The summed E-state index contributed by atoms with van der Waals surface area (Å²) in [6, 6.07) is 4.14. The lowest BCUT2D eigenvalue weighted by atomic mass is 10.2. The quantitative estimate of drug-likeness (QED) is 0.710. The lowest BCUT2D eigenvalue weighted by Crippen LogP contribution is -2.26. The van der Waals surface area contributed by atoms with Gasteiger partial charge in [0.05, 0.1) is 12.0 Å². The third kappa shape index (κ3) is 6.99. The van der Waals surface area contributed by atoms with Crippen LogP contribution in [0, 0.1) is 0 Å². The maximum absolute atomic E-state index is 11.5. The van der Waals surface area contributed by atoms with E-state index in [9.17, 15) is 4.79 Å². The Morgan fingerprint density at radius 2 is 2.44 bits per heavy atom. The molecular weight excluding hydrogens is 270 g/mol. The van der Waals surface area contributed by atoms with Crippen molar-refractivity contribution in [3.63, 3.8) is 0 Å². The fourth-order valence-corrected chi connectivity index (χ4v) is 2.59. The number of methoxy groups -OCH3 is 1. The Hall–Kier alpha value is -0.580. The van der Waals surface area contributed by atoms with E-state index in [4.69, 9.17) is 16.3 Å². The van der Waals surface area contributed by atoms with Crippen molar-refractivity contribution in [2.45, 2.75) is 31.1 Å². The van der Waals surface area contributed by atoms with Gasteiger partial charge in [-0.25, -0.2) is 0 Å². The minimum atomic E-state index is -0.0265. The number of halogens is 1. The topological polar surface area (TPSA) is 38.3 Å². The van der Waals surface area contributed by atoms with Gasteiger partial charge in [0, 0.05) is 25.0 Å². The van der Waals surface area contributed by atoms with E-state index in [1.54, 1.807) is 18.4 Å². The number of carbonyl (C=O) groups is 1. The number of rotatable bonds is 9. The number of ether oxygens (including phenoxy) is 1. The molecule has 1 amide bonds. The molecule has 0 bridgehead atoms. The SMILES string of the molecule is COCC(Cl)CCNC(=O)CCCc1cccs1. The van der Waals surface area contributed by atoms with Crippen molar-refractivity contribution in [1.82, 2.24) is 5.32 Å². The minimum Gasteiger partial charge on any atom is -0.383 e. The van der Waals surface area contributed by atoms with Gasteiger partial charge >= 0.3 is 0 Å². The highest BCUT2D eigenvalue weighted by Gasteiger charge is 2.05. The average molecular weight is 290 g/mol. The molecule has 1 rings (SSSR count). The van der Waals surface area contributed by atoms with Crippen LogP contribution in [0.2, 0.25) is 0 Å². The van der Waals surface area contributed by atoms with Crippen molar-refractivity contribution in [2.24, 2.45) is 0 Å². The van der Waals surface area contributed by atoms with Crippen LogP contribution in [0.1, 0.15) is 24.1 Å². The van der Waals surface area contributed by atoms with Crippen molar-refractivity contribution in [2.75, 3.05) is 20.3 Å². The van der Waals surface area contributed by atoms with E-state index in [0.29, 0.717) is 19.6 Å². The van der Waals surface area contributed by atoms with Gasteiger partial charge in [0.15, 0.2) is 0 Å².